The van der Waals surface area contributed by atoms with Gasteiger partial charge >= 0.3 is 0 Å². The lowest BCUT2D eigenvalue weighted by Gasteiger charge is -2.17. The summed E-state index contributed by atoms with van der Waals surface area (Å²) in [5.41, 5.74) is 4.11. The zero-order valence-electron chi connectivity index (χ0n) is 21.1. The number of benzene rings is 3. The van der Waals surface area contributed by atoms with E-state index in [1.165, 1.54) is 0 Å². The highest BCUT2D eigenvalue weighted by Gasteiger charge is 2.24. The molecule has 0 N–H and O–H groups in total. The molecule has 4 nitrogen and oxygen atoms in total. The van der Waals surface area contributed by atoms with Gasteiger partial charge in [0, 0.05) is 10.4 Å². The normalized spacial score (nSPS) is 11.1. The molecule has 3 aromatic carbocycles. The van der Waals surface area contributed by atoms with Crippen LogP contribution in [0.3, 0.4) is 0 Å². The van der Waals surface area contributed by atoms with Crippen LogP contribution in [0.2, 0.25) is 0 Å². The number of rotatable bonds is 9. The van der Waals surface area contributed by atoms with Crippen molar-refractivity contribution < 1.29 is 18.9 Å². The topological polar surface area (TPSA) is 36.9 Å². The molecular weight excluding hydrogens is 456 g/mol. The quantitative estimate of drug-likeness (QED) is 0.237. The number of hydrogen-bond donors (Lipinski definition) is 0. The van der Waals surface area contributed by atoms with Gasteiger partial charge in [0.1, 0.15) is 23.0 Å². The maximum atomic E-state index is 6.25. The maximum Gasteiger partial charge on any atom is 0.132 e. The van der Waals surface area contributed by atoms with Gasteiger partial charge in [-0.25, -0.2) is 0 Å². The fourth-order valence-corrected chi connectivity index (χ4v) is 5.36. The van der Waals surface area contributed by atoms with Gasteiger partial charge in [-0.2, -0.15) is 0 Å². The molecule has 0 unspecified atom stereocenters. The standard InChI is InChI=1S/C30H32O4S/c1-19(2)33-25-16-10-14-23(31-5)28(25)27-18-22(21-12-8-7-9-13-21)30(35-27)29-24(32-6)15-11-17-26(29)34-20(3)4/h7-20H,1-6H3. The minimum atomic E-state index is 0.0284. The molecule has 35 heavy (non-hydrogen) atoms. The van der Waals surface area contributed by atoms with Crippen molar-refractivity contribution in [2.24, 2.45) is 0 Å². The van der Waals surface area contributed by atoms with E-state index in [1.807, 2.05) is 70.2 Å². The van der Waals surface area contributed by atoms with Crippen molar-refractivity contribution >= 4 is 11.3 Å². The molecule has 0 spiro atoms. The average molecular weight is 489 g/mol. The monoisotopic (exact) mass is 488 g/mol. The summed E-state index contributed by atoms with van der Waals surface area (Å²) in [4.78, 5) is 2.12. The Labute approximate surface area is 212 Å². The first-order valence-electron chi connectivity index (χ1n) is 11.8. The first kappa shape index (κ1) is 24.7. The second kappa shape index (κ2) is 10.9. The molecule has 5 heteroatoms. The van der Waals surface area contributed by atoms with Crippen LogP contribution in [0.25, 0.3) is 32.0 Å². The summed E-state index contributed by atoms with van der Waals surface area (Å²) in [6, 6.07) is 24.5. The van der Waals surface area contributed by atoms with E-state index in [0.29, 0.717) is 0 Å². The minimum absolute atomic E-state index is 0.0284. The van der Waals surface area contributed by atoms with E-state index in [0.717, 1.165) is 55.0 Å². The molecule has 0 amide bonds. The Kier molecular flexibility index (Phi) is 7.67. The van der Waals surface area contributed by atoms with Crippen LogP contribution in [0.4, 0.5) is 0 Å². The maximum absolute atomic E-state index is 6.25. The van der Waals surface area contributed by atoms with Gasteiger partial charge in [-0.1, -0.05) is 42.5 Å². The highest BCUT2D eigenvalue weighted by atomic mass is 32.1. The fourth-order valence-electron chi connectivity index (χ4n) is 4.07. The predicted octanol–water partition coefficient (Wildman–Crippen LogP) is 8.34. The lowest BCUT2D eigenvalue weighted by molar-refractivity contribution is 0.242. The van der Waals surface area contributed by atoms with Crippen LogP contribution >= 0.6 is 11.3 Å². The third-order valence-corrected chi connectivity index (χ3v) is 6.60. The summed E-state index contributed by atoms with van der Waals surface area (Å²) in [7, 11) is 3.39. The molecule has 0 aliphatic rings. The Morgan fingerprint density at radius 3 is 1.66 bits per heavy atom. The summed E-state index contributed by atoms with van der Waals surface area (Å²) in [6.45, 7) is 8.13. The van der Waals surface area contributed by atoms with Gasteiger partial charge in [0.2, 0.25) is 0 Å². The van der Waals surface area contributed by atoms with Gasteiger partial charge < -0.3 is 18.9 Å². The van der Waals surface area contributed by atoms with Gasteiger partial charge in [0.15, 0.2) is 0 Å². The van der Waals surface area contributed by atoms with Crippen molar-refractivity contribution in [3.63, 3.8) is 0 Å². The summed E-state index contributed by atoms with van der Waals surface area (Å²) < 4.78 is 24.1. The summed E-state index contributed by atoms with van der Waals surface area (Å²) >= 11 is 1.68. The molecule has 0 saturated carbocycles. The van der Waals surface area contributed by atoms with E-state index in [4.69, 9.17) is 18.9 Å². The SMILES string of the molecule is COc1cccc(OC(C)C)c1-c1cc(-c2ccccc2)c(-c2c(OC)cccc2OC(C)C)s1. The lowest BCUT2D eigenvalue weighted by atomic mass is 10.00. The average Bonchev–Trinajstić information content (AvgIpc) is 3.28. The van der Waals surface area contributed by atoms with E-state index in [9.17, 15) is 0 Å². The molecule has 0 fully saturated rings. The van der Waals surface area contributed by atoms with Crippen LogP contribution in [-0.4, -0.2) is 26.4 Å². The number of ether oxygens (including phenoxy) is 4. The minimum Gasteiger partial charge on any atom is -0.496 e. The van der Waals surface area contributed by atoms with Crippen molar-refractivity contribution in [3.8, 4) is 55.0 Å². The van der Waals surface area contributed by atoms with Gasteiger partial charge in [-0.05, 0) is 63.6 Å². The van der Waals surface area contributed by atoms with Crippen molar-refractivity contribution in [2.75, 3.05) is 14.2 Å². The fraction of sp³-hybridized carbons (Fsp3) is 0.267. The smallest absolute Gasteiger partial charge is 0.132 e. The number of methoxy groups -OCH3 is 2. The van der Waals surface area contributed by atoms with Gasteiger partial charge in [0.25, 0.3) is 0 Å². The van der Waals surface area contributed by atoms with Crippen LogP contribution in [0, 0.1) is 0 Å². The highest BCUT2D eigenvalue weighted by Crippen LogP contribution is 2.52. The zero-order valence-corrected chi connectivity index (χ0v) is 21.9. The molecule has 182 valence electrons. The Morgan fingerprint density at radius 1 is 0.600 bits per heavy atom. The van der Waals surface area contributed by atoms with Crippen LogP contribution in [0.1, 0.15) is 27.7 Å². The Bertz CT molecular complexity index is 1280. The van der Waals surface area contributed by atoms with E-state index in [2.05, 4.69) is 30.3 Å². The summed E-state index contributed by atoms with van der Waals surface area (Å²) in [6.07, 6.45) is 0.0647. The predicted molar refractivity (Wildman–Crippen MR) is 145 cm³/mol. The molecule has 1 heterocycles. The Morgan fingerprint density at radius 2 is 1.11 bits per heavy atom. The van der Waals surface area contributed by atoms with E-state index >= 15 is 0 Å². The number of thiophene rings is 1. The van der Waals surface area contributed by atoms with Crippen LogP contribution in [-0.2, 0) is 0 Å². The summed E-state index contributed by atoms with van der Waals surface area (Å²) in [5.74, 6) is 3.13. The largest absolute Gasteiger partial charge is 0.496 e. The Balaban J connectivity index is 2.02. The van der Waals surface area contributed by atoms with Gasteiger partial charge in [-0.3, -0.25) is 0 Å². The van der Waals surface area contributed by atoms with Crippen molar-refractivity contribution in [1.82, 2.24) is 0 Å². The molecule has 4 rings (SSSR count). The second-order valence-corrected chi connectivity index (χ2v) is 9.77. The third kappa shape index (κ3) is 5.30. The van der Waals surface area contributed by atoms with Crippen LogP contribution in [0.5, 0.6) is 23.0 Å². The zero-order chi connectivity index (χ0) is 24.9. The molecule has 0 bridgehead atoms. The van der Waals surface area contributed by atoms with E-state index in [-0.39, 0.29) is 12.2 Å². The van der Waals surface area contributed by atoms with Crippen molar-refractivity contribution in [3.05, 3.63) is 72.8 Å². The lowest BCUT2D eigenvalue weighted by Crippen LogP contribution is -2.07. The van der Waals surface area contributed by atoms with Crippen LogP contribution < -0.4 is 18.9 Å². The molecule has 0 saturated heterocycles. The van der Waals surface area contributed by atoms with E-state index in [1.54, 1.807) is 25.6 Å². The second-order valence-electron chi connectivity index (χ2n) is 8.72. The molecule has 0 aliphatic heterocycles. The van der Waals surface area contributed by atoms with Crippen LogP contribution in [0.15, 0.2) is 72.8 Å². The Hall–Kier alpha value is -3.44. The van der Waals surface area contributed by atoms with Gasteiger partial charge in [0.05, 0.1) is 42.4 Å². The molecule has 1 aromatic heterocycles. The first-order chi connectivity index (χ1) is 16.9. The van der Waals surface area contributed by atoms with Crippen molar-refractivity contribution in [2.45, 2.75) is 39.9 Å². The molecular formula is C30H32O4S. The first-order valence-corrected chi connectivity index (χ1v) is 12.6. The molecule has 0 radical (unpaired) electrons. The van der Waals surface area contributed by atoms with Crippen molar-refractivity contribution in [1.29, 1.82) is 0 Å². The molecule has 0 atom stereocenters. The molecule has 0 aliphatic carbocycles. The summed E-state index contributed by atoms with van der Waals surface area (Å²) in [5, 5.41) is 0. The van der Waals surface area contributed by atoms with E-state index < -0.39 is 0 Å². The highest BCUT2D eigenvalue weighted by molar-refractivity contribution is 7.19. The third-order valence-electron chi connectivity index (χ3n) is 5.43. The number of hydrogen-bond acceptors (Lipinski definition) is 5. The van der Waals surface area contributed by atoms with Gasteiger partial charge in [-0.15, -0.1) is 11.3 Å². The molecule has 4 aromatic rings.